The summed E-state index contributed by atoms with van der Waals surface area (Å²) in [6, 6.07) is 6.78. The van der Waals surface area contributed by atoms with E-state index < -0.39 is 5.97 Å². The summed E-state index contributed by atoms with van der Waals surface area (Å²) < 4.78 is 5.10. The van der Waals surface area contributed by atoms with Gasteiger partial charge in [-0.05, 0) is 44.0 Å². The van der Waals surface area contributed by atoms with Crippen LogP contribution in [0.5, 0.6) is 0 Å². The van der Waals surface area contributed by atoms with Crippen LogP contribution < -0.4 is 5.32 Å². The Hall–Kier alpha value is -2.10. The van der Waals surface area contributed by atoms with Crippen LogP contribution in [0.1, 0.15) is 40.5 Å². The molecule has 1 unspecified atom stereocenters. The summed E-state index contributed by atoms with van der Waals surface area (Å²) >= 11 is 0. The first-order valence-electron chi connectivity index (χ1n) is 6.34. The van der Waals surface area contributed by atoms with Crippen molar-refractivity contribution >= 4 is 11.9 Å². The fourth-order valence-electron chi connectivity index (χ4n) is 1.54. The molecule has 0 aliphatic heterocycles. The highest BCUT2D eigenvalue weighted by molar-refractivity contribution is 5.96. The quantitative estimate of drug-likeness (QED) is 0.652. The summed E-state index contributed by atoms with van der Waals surface area (Å²) in [6.45, 7) is 5.29. The maximum atomic E-state index is 11.8. The van der Waals surface area contributed by atoms with Gasteiger partial charge < -0.3 is 10.1 Å². The van der Waals surface area contributed by atoms with Crippen molar-refractivity contribution in [2.45, 2.75) is 31.9 Å². The standard InChI is InChI=1S/C15H17NO3/c1-3-10(2)19-15(18)12-6-4-11(5-7-12)14(17)16-13-8-9-13/h3-7,10,13H,1,8-9H2,2H3,(H,16,17). The number of amides is 1. The van der Waals surface area contributed by atoms with Gasteiger partial charge in [-0.3, -0.25) is 4.79 Å². The fourth-order valence-corrected chi connectivity index (χ4v) is 1.54. The predicted molar refractivity (Wildman–Crippen MR) is 72.0 cm³/mol. The number of rotatable bonds is 5. The maximum absolute atomic E-state index is 11.8. The molecule has 1 amide bonds. The molecule has 19 heavy (non-hydrogen) atoms. The molecule has 1 aliphatic rings. The number of ether oxygens (including phenoxy) is 1. The van der Waals surface area contributed by atoms with E-state index in [2.05, 4.69) is 11.9 Å². The van der Waals surface area contributed by atoms with E-state index in [4.69, 9.17) is 4.74 Å². The number of nitrogens with one attached hydrogen (secondary N) is 1. The molecule has 0 heterocycles. The molecule has 4 heteroatoms. The smallest absolute Gasteiger partial charge is 0.338 e. The Balaban J connectivity index is 1.98. The molecule has 100 valence electrons. The maximum Gasteiger partial charge on any atom is 0.338 e. The fraction of sp³-hybridized carbons (Fsp3) is 0.333. The lowest BCUT2D eigenvalue weighted by atomic mass is 10.1. The minimum atomic E-state index is -0.415. The Kier molecular flexibility index (Phi) is 4.00. The lowest BCUT2D eigenvalue weighted by Crippen LogP contribution is -2.25. The van der Waals surface area contributed by atoms with Crippen LogP contribution in [0.3, 0.4) is 0 Å². The molecule has 2 rings (SSSR count). The van der Waals surface area contributed by atoms with Gasteiger partial charge in [-0.15, -0.1) is 0 Å². The average molecular weight is 259 g/mol. The van der Waals surface area contributed by atoms with Crippen molar-refractivity contribution in [3.8, 4) is 0 Å². The predicted octanol–water partition coefficient (Wildman–Crippen LogP) is 2.31. The van der Waals surface area contributed by atoms with Crippen molar-refractivity contribution in [3.63, 3.8) is 0 Å². The molecule has 0 aromatic heterocycles. The third kappa shape index (κ3) is 3.68. The average Bonchev–Trinajstić information content (AvgIpc) is 3.22. The summed E-state index contributed by atoms with van der Waals surface area (Å²) in [5.74, 6) is -0.511. The first-order valence-corrected chi connectivity index (χ1v) is 6.34. The van der Waals surface area contributed by atoms with Crippen LogP contribution in [-0.2, 0) is 4.74 Å². The molecule has 0 spiro atoms. The molecule has 0 saturated heterocycles. The second-order valence-corrected chi connectivity index (χ2v) is 4.67. The molecule has 1 aromatic rings. The van der Waals surface area contributed by atoms with Crippen molar-refractivity contribution in [1.29, 1.82) is 0 Å². The lowest BCUT2D eigenvalue weighted by molar-refractivity contribution is 0.0425. The third-order valence-electron chi connectivity index (χ3n) is 2.92. The van der Waals surface area contributed by atoms with Gasteiger partial charge in [0.1, 0.15) is 6.10 Å². The van der Waals surface area contributed by atoms with Crippen molar-refractivity contribution in [1.82, 2.24) is 5.32 Å². The topological polar surface area (TPSA) is 55.4 Å². The largest absolute Gasteiger partial charge is 0.455 e. The molecular weight excluding hydrogens is 242 g/mol. The van der Waals surface area contributed by atoms with Gasteiger partial charge in [-0.25, -0.2) is 4.79 Å². The molecule has 1 aromatic carbocycles. The number of carbonyl (C=O) groups excluding carboxylic acids is 2. The Bertz CT molecular complexity index is 489. The summed E-state index contributed by atoms with van der Waals surface area (Å²) in [5.41, 5.74) is 0.983. The van der Waals surface area contributed by atoms with Gasteiger partial charge in [-0.1, -0.05) is 12.7 Å². The molecule has 1 N–H and O–H groups in total. The van der Waals surface area contributed by atoms with E-state index in [1.807, 2.05) is 0 Å². The Morgan fingerprint density at radius 1 is 1.32 bits per heavy atom. The number of carbonyl (C=O) groups is 2. The molecule has 1 atom stereocenters. The zero-order valence-corrected chi connectivity index (χ0v) is 10.9. The number of hydrogen-bond acceptors (Lipinski definition) is 3. The third-order valence-corrected chi connectivity index (χ3v) is 2.92. The molecule has 1 aliphatic carbocycles. The van der Waals surface area contributed by atoms with Crippen molar-refractivity contribution in [3.05, 3.63) is 48.0 Å². The van der Waals surface area contributed by atoms with Gasteiger partial charge in [0, 0.05) is 11.6 Å². The summed E-state index contributed by atoms with van der Waals surface area (Å²) in [5, 5.41) is 2.89. The lowest BCUT2D eigenvalue weighted by Gasteiger charge is -2.09. The van der Waals surface area contributed by atoms with Gasteiger partial charge in [0.05, 0.1) is 5.56 Å². The van der Waals surface area contributed by atoms with Crippen LogP contribution in [0.4, 0.5) is 0 Å². The van der Waals surface area contributed by atoms with E-state index in [1.165, 1.54) is 0 Å². The Morgan fingerprint density at radius 3 is 2.42 bits per heavy atom. The molecule has 0 radical (unpaired) electrons. The van der Waals surface area contributed by atoms with Crippen molar-refractivity contribution in [2.24, 2.45) is 0 Å². The van der Waals surface area contributed by atoms with Crippen molar-refractivity contribution in [2.75, 3.05) is 0 Å². The van der Waals surface area contributed by atoms with Crippen LogP contribution in [0, 0.1) is 0 Å². The van der Waals surface area contributed by atoms with Gasteiger partial charge in [0.25, 0.3) is 5.91 Å². The number of esters is 1. The highest BCUT2D eigenvalue weighted by atomic mass is 16.5. The first-order chi connectivity index (χ1) is 9.10. The Morgan fingerprint density at radius 2 is 1.89 bits per heavy atom. The Labute approximate surface area is 112 Å². The van der Waals surface area contributed by atoms with Crippen LogP contribution in [0.15, 0.2) is 36.9 Å². The summed E-state index contributed by atoms with van der Waals surface area (Å²) in [7, 11) is 0. The number of benzene rings is 1. The van der Waals surface area contributed by atoms with Crippen LogP contribution in [0.25, 0.3) is 0 Å². The second kappa shape index (κ2) is 5.69. The molecule has 4 nitrogen and oxygen atoms in total. The van der Waals surface area contributed by atoms with E-state index >= 15 is 0 Å². The van der Waals surface area contributed by atoms with E-state index in [1.54, 1.807) is 37.3 Å². The van der Waals surface area contributed by atoms with Crippen LogP contribution >= 0.6 is 0 Å². The SMILES string of the molecule is C=CC(C)OC(=O)c1ccc(C(=O)NC2CC2)cc1. The van der Waals surface area contributed by atoms with E-state index in [0.717, 1.165) is 12.8 Å². The van der Waals surface area contributed by atoms with Gasteiger partial charge in [0.2, 0.25) is 0 Å². The molecule has 0 bridgehead atoms. The van der Waals surface area contributed by atoms with Gasteiger partial charge >= 0.3 is 5.97 Å². The first kappa shape index (κ1) is 13.3. The zero-order chi connectivity index (χ0) is 13.8. The highest BCUT2D eigenvalue weighted by Gasteiger charge is 2.23. The van der Waals surface area contributed by atoms with Crippen molar-refractivity contribution < 1.29 is 14.3 Å². The molecule has 1 saturated carbocycles. The summed E-state index contributed by atoms with van der Waals surface area (Å²) in [6.07, 6.45) is 3.32. The number of hydrogen-bond donors (Lipinski definition) is 1. The van der Waals surface area contributed by atoms with Gasteiger partial charge in [0.15, 0.2) is 0 Å². The van der Waals surface area contributed by atoms with E-state index in [0.29, 0.717) is 17.2 Å². The van der Waals surface area contributed by atoms with E-state index in [-0.39, 0.29) is 12.0 Å². The monoisotopic (exact) mass is 259 g/mol. The van der Waals surface area contributed by atoms with E-state index in [9.17, 15) is 9.59 Å². The minimum Gasteiger partial charge on any atom is -0.455 e. The van der Waals surface area contributed by atoms with Crippen LogP contribution in [-0.4, -0.2) is 24.0 Å². The summed E-state index contributed by atoms with van der Waals surface area (Å²) in [4.78, 5) is 23.5. The highest BCUT2D eigenvalue weighted by Crippen LogP contribution is 2.19. The van der Waals surface area contributed by atoms with Crippen LogP contribution in [0.2, 0.25) is 0 Å². The molecular formula is C15H17NO3. The zero-order valence-electron chi connectivity index (χ0n) is 10.9. The minimum absolute atomic E-state index is 0.0955. The second-order valence-electron chi connectivity index (χ2n) is 4.67. The molecule has 1 fully saturated rings. The van der Waals surface area contributed by atoms with Gasteiger partial charge in [-0.2, -0.15) is 0 Å². The normalized spacial score (nSPS) is 15.4.